The zero-order valence-corrected chi connectivity index (χ0v) is 17.9. The number of anilines is 1. The van der Waals surface area contributed by atoms with Gasteiger partial charge in [-0.2, -0.15) is 9.78 Å². The Hall–Kier alpha value is -3.32. The van der Waals surface area contributed by atoms with Crippen LogP contribution in [0.2, 0.25) is 0 Å². The van der Waals surface area contributed by atoms with Crippen molar-refractivity contribution < 1.29 is 4.79 Å². The van der Waals surface area contributed by atoms with Crippen molar-refractivity contribution in [2.75, 3.05) is 5.32 Å². The van der Waals surface area contributed by atoms with Crippen LogP contribution in [0.25, 0.3) is 16.4 Å². The van der Waals surface area contributed by atoms with Crippen molar-refractivity contribution in [1.29, 1.82) is 0 Å². The standard InChI is InChI=1S/C23H21N5OS/c1-13-10-14(2)25-23(24-13)28-20(11-15(3)27-28)26-22(29)19-12-17-9-8-16-6-4-5-7-18(16)21(17)30-19/h4-7,10-12H,8-9H2,1-3H3,(H,26,29). The summed E-state index contributed by atoms with van der Waals surface area (Å²) in [5.41, 5.74) is 6.32. The van der Waals surface area contributed by atoms with E-state index in [4.69, 9.17) is 0 Å². The van der Waals surface area contributed by atoms with Gasteiger partial charge in [0.2, 0.25) is 0 Å². The van der Waals surface area contributed by atoms with Crippen molar-refractivity contribution in [3.63, 3.8) is 0 Å². The van der Waals surface area contributed by atoms with E-state index in [9.17, 15) is 4.79 Å². The first-order valence-electron chi connectivity index (χ1n) is 9.89. The first-order valence-corrected chi connectivity index (χ1v) is 10.7. The molecule has 150 valence electrons. The molecular weight excluding hydrogens is 394 g/mol. The molecule has 0 saturated carbocycles. The summed E-state index contributed by atoms with van der Waals surface area (Å²) in [5.74, 6) is 0.877. The largest absolute Gasteiger partial charge is 0.306 e. The predicted octanol–water partition coefficient (Wildman–Crippen LogP) is 4.67. The van der Waals surface area contributed by atoms with Crippen LogP contribution in [0.4, 0.5) is 5.82 Å². The van der Waals surface area contributed by atoms with Crippen molar-refractivity contribution in [3.8, 4) is 16.4 Å². The summed E-state index contributed by atoms with van der Waals surface area (Å²) in [6.07, 6.45) is 1.97. The third kappa shape index (κ3) is 3.31. The summed E-state index contributed by atoms with van der Waals surface area (Å²) in [6, 6.07) is 14.2. The number of amides is 1. The van der Waals surface area contributed by atoms with Crippen LogP contribution in [0.5, 0.6) is 0 Å². The lowest BCUT2D eigenvalue weighted by atomic mass is 9.91. The van der Waals surface area contributed by atoms with E-state index in [0.29, 0.717) is 16.6 Å². The third-order valence-electron chi connectivity index (χ3n) is 5.19. The van der Waals surface area contributed by atoms with Crippen LogP contribution < -0.4 is 5.32 Å². The number of hydrogen-bond acceptors (Lipinski definition) is 5. The molecule has 0 radical (unpaired) electrons. The Bertz CT molecular complexity index is 1270. The van der Waals surface area contributed by atoms with Crippen LogP contribution >= 0.6 is 11.3 Å². The minimum absolute atomic E-state index is 0.141. The fraction of sp³-hybridized carbons (Fsp3) is 0.217. The first kappa shape index (κ1) is 18.7. The van der Waals surface area contributed by atoms with Crippen LogP contribution in [0, 0.1) is 20.8 Å². The van der Waals surface area contributed by atoms with Crippen molar-refractivity contribution >= 4 is 23.1 Å². The number of thiophene rings is 1. The van der Waals surface area contributed by atoms with Crippen LogP contribution in [-0.2, 0) is 12.8 Å². The lowest BCUT2D eigenvalue weighted by Gasteiger charge is -2.15. The highest BCUT2D eigenvalue weighted by Crippen LogP contribution is 2.39. The van der Waals surface area contributed by atoms with E-state index in [2.05, 4.69) is 44.6 Å². The van der Waals surface area contributed by atoms with Crippen LogP contribution in [0.15, 0.2) is 42.5 Å². The van der Waals surface area contributed by atoms with Gasteiger partial charge in [-0.05, 0) is 62.4 Å². The molecule has 6 nitrogen and oxygen atoms in total. The molecule has 0 fully saturated rings. The second kappa shape index (κ2) is 7.18. The Morgan fingerprint density at radius 2 is 1.70 bits per heavy atom. The lowest BCUT2D eigenvalue weighted by Crippen LogP contribution is -2.15. The minimum Gasteiger partial charge on any atom is -0.306 e. The van der Waals surface area contributed by atoms with Gasteiger partial charge in [-0.25, -0.2) is 9.97 Å². The molecule has 3 aromatic heterocycles. The molecule has 0 aliphatic heterocycles. The number of hydrogen-bond donors (Lipinski definition) is 1. The fourth-order valence-electron chi connectivity index (χ4n) is 3.90. The van der Waals surface area contributed by atoms with Crippen LogP contribution in [0.1, 0.15) is 37.9 Å². The topological polar surface area (TPSA) is 72.7 Å². The highest BCUT2D eigenvalue weighted by atomic mass is 32.1. The molecule has 0 spiro atoms. The molecule has 1 amide bonds. The number of carbonyl (C=O) groups is 1. The number of nitrogens with one attached hydrogen (secondary N) is 1. The third-order valence-corrected chi connectivity index (χ3v) is 6.40. The van der Waals surface area contributed by atoms with Gasteiger partial charge in [0.1, 0.15) is 5.82 Å². The van der Waals surface area contributed by atoms with Gasteiger partial charge in [-0.1, -0.05) is 24.3 Å². The quantitative estimate of drug-likeness (QED) is 0.528. The van der Waals surface area contributed by atoms with Crippen LogP contribution in [0.3, 0.4) is 0 Å². The number of carbonyl (C=O) groups excluding carboxylic acids is 1. The average molecular weight is 416 g/mol. The first-order chi connectivity index (χ1) is 14.5. The molecule has 0 atom stereocenters. The summed E-state index contributed by atoms with van der Waals surface area (Å²) < 4.78 is 1.59. The van der Waals surface area contributed by atoms with Crippen molar-refractivity contribution in [2.24, 2.45) is 0 Å². The number of rotatable bonds is 3. The maximum absolute atomic E-state index is 13.1. The summed E-state index contributed by atoms with van der Waals surface area (Å²) >= 11 is 1.55. The summed E-state index contributed by atoms with van der Waals surface area (Å²) in [5, 5.41) is 7.50. The maximum atomic E-state index is 13.1. The molecule has 7 heteroatoms. The number of aromatic nitrogens is 4. The molecule has 3 heterocycles. The maximum Gasteiger partial charge on any atom is 0.266 e. The van der Waals surface area contributed by atoms with Crippen molar-refractivity contribution in [1.82, 2.24) is 19.7 Å². The monoisotopic (exact) mass is 415 g/mol. The second-order valence-corrected chi connectivity index (χ2v) is 8.66. The van der Waals surface area contributed by atoms with E-state index < -0.39 is 0 Å². The Balaban J connectivity index is 1.47. The van der Waals surface area contributed by atoms with Gasteiger partial charge in [-0.15, -0.1) is 11.3 Å². The van der Waals surface area contributed by atoms with E-state index in [-0.39, 0.29) is 5.91 Å². The SMILES string of the molecule is Cc1cc(C)nc(-n2nc(C)cc2NC(=O)c2cc3c(s2)-c2ccccc2CC3)n1. The summed E-state index contributed by atoms with van der Waals surface area (Å²) in [6.45, 7) is 5.72. The van der Waals surface area contributed by atoms with E-state index in [1.165, 1.54) is 21.6 Å². The van der Waals surface area contributed by atoms with E-state index in [1.54, 1.807) is 16.0 Å². The van der Waals surface area contributed by atoms with Gasteiger partial charge in [0.05, 0.1) is 10.6 Å². The number of nitrogens with zero attached hydrogens (tertiary/aromatic N) is 4. The zero-order chi connectivity index (χ0) is 20.8. The molecule has 0 saturated heterocycles. The van der Waals surface area contributed by atoms with E-state index >= 15 is 0 Å². The minimum atomic E-state index is -0.141. The summed E-state index contributed by atoms with van der Waals surface area (Å²) in [7, 11) is 0. The van der Waals surface area contributed by atoms with Crippen LogP contribution in [-0.4, -0.2) is 25.7 Å². The summed E-state index contributed by atoms with van der Waals surface area (Å²) in [4.78, 5) is 23.9. The highest BCUT2D eigenvalue weighted by Gasteiger charge is 2.22. The molecule has 5 rings (SSSR count). The Kier molecular flexibility index (Phi) is 4.47. The molecule has 30 heavy (non-hydrogen) atoms. The number of aryl methyl sites for hydroxylation is 5. The molecule has 1 aromatic carbocycles. The highest BCUT2D eigenvalue weighted by molar-refractivity contribution is 7.17. The molecule has 0 bridgehead atoms. The Morgan fingerprint density at radius 3 is 2.50 bits per heavy atom. The number of fused-ring (bicyclic) bond motifs is 3. The smallest absolute Gasteiger partial charge is 0.266 e. The predicted molar refractivity (Wildman–Crippen MR) is 118 cm³/mol. The van der Waals surface area contributed by atoms with Crippen molar-refractivity contribution in [3.05, 3.63) is 75.6 Å². The van der Waals surface area contributed by atoms with Gasteiger partial charge < -0.3 is 5.32 Å². The molecule has 0 unspecified atom stereocenters. The van der Waals surface area contributed by atoms with Gasteiger partial charge >= 0.3 is 0 Å². The molecule has 4 aromatic rings. The van der Waals surface area contributed by atoms with Gasteiger partial charge in [-0.3, -0.25) is 4.79 Å². The second-order valence-electron chi connectivity index (χ2n) is 7.61. The fourth-order valence-corrected chi connectivity index (χ4v) is 5.07. The Morgan fingerprint density at radius 1 is 0.967 bits per heavy atom. The van der Waals surface area contributed by atoms with Crippen molar-refractivity contribution in [2.45, 2.75) is 33.6 Å². The van der Waals surface area contributed by atoms with Gasteiger partial charge in [0.25, 0.3) is 11.9 Å². The lowest BCUT2D eigenvalue weighted by molar-refractivity contribution is 0.103. The van der Waals surface area contributed by atoms with Gasteiger partial charge in [0.15, 0.2) is 0 Å². The molecule has 1 aliphatic carbocycles. The molecule has 1 aliphatic rings. The normalized spacial score (nSPS) is 12.4. The van der Waals surface area contributed by atoms with Gasteiger partial charge in [0, 0.05) is 22.3 Å². The number of benzene rings is 1. The van der Waals surface area contributed by atoms with E-state index in [1.807, 2.05) is 39.0 Å². The van der Waals surface area contributed by atoms with E-state index in [0.717, 1.165) is 29.9 Å². The Labute approximate surface area is 178 Å². The average Bonchev–Trinajstić information content (AvgIpc) is 3.31. The zero-order valence-electron chi connectivity index (χ0n) is 17.1. The molecular formula is C23H21N5OS. The molecule has 1 N–H and O–H groups in total.